The number of thioether (sulfide) groups is 1. The number of benzene rings is 2. The van der Waals surface area contributed by atoms with E-state index in [0.29, 0.717) is 0 Å². The summed E-state index contributed by atoms with van der Waals surface area (Å²) >= 11 is 1.75. The van der Waals surface area contributed by atoms with E-state index in [1.165, 1.54) is 52.0 Å². The molecule has 0 aliphatic heterocycles. The number of allylic oxidation sites excluding steroid dienone is 3. The molecule has 0 unspecified atom stereocenters. The highest BCUT2D eigenvalue weighted by atomic mass is 32.2. The number of hydrogen-bond donors (Lipinski definition) is 1. The maximum atomic E-state index is 13.9. The number of fused-ring (bicyclic) bond motifs is 1. The van der Waals surface area contributed by atoms with Crippen LogP contribution in [-0.2, 0) is 4.79 Å². The Morgan fingerprint density at radius 1 is 1.16 bits per heavy atom. The van der Waals surface area contributed by atoms with Crippen molar-refractivity contribution in [2.75, 3.05) is 6.26 Å². The van der Waals surface area contributed by atoms with Gasteiger partial charge in [0.1, 0.15) is 5.82 Å². The fourth-order valence-electron chi connectivity index (χ4n) is 3.70. The van der Waals surface area contributed by atoms with E-state index >= 15 is 0 Å². The highest BCUT2D eigenvalue weighted by Crippen LogP contribution is 2.46. The minimum atomic E-state index is -0.981. The Morgan fingerprint density at radius 3 is 2.31 bits per heavy atom. The summed E-state index contributed by atoms with van der Waals surface area (Å²) < 4.78 is 13.9. The van der Waals surface area contributed by atoms with Gasteiger partial charge in [0.25, 0.3) is 0 Å². The van der Waals surface area contributed by atoms with Gasteiger partial charge in [0.2, 0.25) is 0 Å². The normalized spacial score (nSPS) is 15.3. The van der Waals surface area contributed by atoms with E-state index in [2.05, 4.69) is 50.1 Å². The second-order valence-electron chi connectivity index (χ2n) is 7.65. The summed E-state index contributed by atoms with van der Waals surface area (Å²) in [4.78, 5) is 10.5. The van der Waals surface area contributed by atoms with Crippen molar-refractivity contribution < 1.29 is 14.3 Å². The molecule has 170 valence electrons. The average molecular weight is 453 g/mol. The summed E-state index contributed by atoms with van der Waals surface area (Å²) in [6, 6.07) is 13.9. The zero-order valence-electron chi connectivity index (χ0n) is 19.5. The Morgan fingerprint density at radius 2 is 1.78 bits per heavy atom. The zero-order valence-corrected chi connectivity index (χ0v) is 20.3. The molecule has 0 bridgehead atoms. The van der Waals surface area contributed by atoms with Gasteiger partial charge in [-0.3, -0.25) is 0 Å². The molecule has 0 amide bonds. The summed E-state index contributed by atoms with van der Waals surface area (Å²) in [7, 11) is 0. The lowest BCUT2D eigenvalue weighted by molar-refractivity contribution is -0.131. The third-order valence-corrected chi connectivity index (χ3v) is 6.30. The van der Waals surface area contributed by atoms with E-state index in [1.54, 1.807) is 23.9 Å². The summed E-state index contributed by atoms with van der Waals surface area (Å²) in [5.74, 6) is -0.226. The molecular formula is C28H33FO2S. The van der Waals surface area contributed by atoms with Gasteiger partial charge in [0.15, 0.2) is 0 Å². The molecule has 0 spiro atoms. The molecular weight excluding hydrogens is 419 g/mol. The first kappa shape index (κ1) is 25.7. The van der Waals surface area contributed by atoms with E-state index < -0.39 is 5.97 Å². The van der Waals surface area contributed by atoms with E-state index in [-0.39, 0.29) is 5.82 Å². The molecule has 2 aliphatic rings. The van der Waals surface area contributed by atoms with Gasteiger partial charge in [0.05, 0.1) is 0 Å². The molecule has 2 nitrogen and oxygen atoms in total. The van der Waals surface area contributed by atoms with Gasteiger partial charge >= 0.3 is 5.97 Å². The van der Waals surface area contributed by atoms with Crippen LogP contribution in [0.2, 0.25) is 0 Å². The number of carbonyl (C=O) groups is 1. The van der Waals surface area contributed by atoms with Crippen molar-refractivity contribution in [2.24, 2.45) is 5.92 Å². The van der Waals surface area contributed by atoms with Crippen LogP contribution in [0, 0.1) is 11.7 Å². The summed E-state index contributed by atoms with van der Waals surface area (Å²) in [6.45, 7) is 9.16. The lowest BCUT2D eigenvalue weighted by atomic mass is 9.99. The molecule has 2 aromatic rings. The van der Waals surface area contributed by atoms with Crippen LogP contribution in [0.25, 0.3) is 17.2 Å². The third-order valence-electron chi connectivity index (χ3n) is 5.55. The quantitative estimate of drug-likeness (QED) is 0.353. The van der Waals surface area contributed by atoms with Crippen molar-refractivity contribution in [3.8, 4) is 0 Å². The lowest BCUT2D eigenvalue weighted by Gasteiger charge is -2.06. The molecule has 0 radical (unpaired) electrons. The number of rotatable bonds is 6. The molecule has 4 rings (SSSR count). The van der Waals surface area contributed by atoms with Crippen LogP contribution in [0.5, 0.6) is 0 Å². The molecule has 1 saturated carbocycles. The molecule has 2 aromatic carbocycles. The number of halogens is 1. The van der Waals surface area contributed by atoms with E-state index in [0.717, 1.165) is 24.0 Å². The second kappa shape index (κ2) is 12.4. The fraction of sp³-hybridized carbons (Fsp3) is 0.321. The molecule has 32 heavy (non-hydrogen) atoms. The van der Waals surface area contributed by atoms with E-state index in [4.69, 9.17) is 5.11 Å². The SMILES string of the molecule is C=CC(=O)O.CC.CSc1ccc(/C=C2/C(C)=C(CCC3CC3)c3cc(F)ccc32)cc1. The van der Waals surface area contributed by atoms with Crippen LogP contribution in [0.1, 0.15) is 63.1 Å². The Labute approximate surface area is 196 Å². The molecule has 0 aromatic heterocycles. The zero-order chi connectivity index (χ0) is 23.7. The van der Waals surface area contributed by atoms with Crippen molar-refractivity contribution in [1.82, 2.24) is 0 Å². The molecule has 0 saturated heterocycles. The van der Waals surface area contributed by atoms with Gasteiger partial charge in [0, 0.05) is 11.0 Å². The largest absolute Gasteiger partial charge is 0.478 e. The number of carboxylic acid groups (broad SMARTS) is 1. The Kier molecular flexibility index (Phi) is 9.98. The van der Waals surface area contributed by atoms with Crippen LogP contribution in [-0.4, -0.2) is 17.3 Å². The van der Waals surface area contributed by atoms with Crippen LogP contribution in [0.4, 0.5) is 4.39 Å². The topological polar surface area (TPSA) is 37.3 Å². The third kappa shape index (κ3) is 6.96. The number of aliphatic carboxylic acids is 1. The van der Waals surface area contributed by atoms with Gasteiger partial charge in [-0.1, -0.05) is 51.5 Å². The van der Waals surface area contributed by atoms with Crippen LogP contribution >= 0.6 is 11.8 Å². The Bertz CT molecular complexity index is 999. The Balaban J connectivity index is 0.000000460. The molecule has 0 heterocycles. The fourth-order valence-corrected chi connectivity index (χ4v) is 4.11. The first-order valence-electron chi connectivity index (χ1n) is 11.1. The number of carboxylic acids is 1. The predicted molar refractivity (Wildman–Crippen MR) is 136 cm³/mol. The minimum Gasteiger partial charge on any atom is -0.478 e. The van der Waals surface area contributed by atoms with Gasteiger partial charge < -0.3 is 5.11 Å². The minimum absolute atomic E-state index is 0.138. The van der Waals surface area contributed by atoms with Crippen molar-refractivity contribution in [3.63, 3.8) is 0 Å². The van der Waals surface area contributed by atoms with E-state index in [1.807, 2.05) is 19.9 Å². The van der Waals surface area contributed by atoms with Crippen molar-refractivity contribution in [2.45, 2.75) is 51.3 Å². The van der Waals surface area contributed by atoms with Crippen molar-refractivity contribution >= 4 is 35.0 Å². The van der Waals surface area contributed by atoms with E-state index in [9.17, 15) is 9.18 Å². The summed E-state index contributed by atoms with van der Waals surface area (Å²) in [5.41, 5.74) is 7.39. The van der Waals surface area contributed by atoms with Gasteiger partial charge in [-0.25, -0.2) is 9.18 Å². The second-order valence-corrected chi connectivity index (χ2v) is 8.53. The first-order valence-corrected chi connectivity index (χ1v) is 12.4. The van der Waals surface area contributed by atoms with Crippen LogP contribution in [0.15, 0.2) is 65.6 Å². The maximum Gasteiger partial charge on any atom is 0.327 e. The molecule has 1 N–H and O–H groups in total. The van der Waals surface area contributed by atoms with Crippen molar-refractivity contribution in [3.05, 3.63) is 83.2 Å². The maximum absolute atomic E-state index is 13.9. The molecule has 0 atom stereocenters. The highest BCUT2D eigenvalue weighted by molar-refractivity contribution is 7.98. The van der Waals surface area contributed by atoms with Crippen LogP contribution in [0.3, 0.4) is 0 Å². The monoisotopic (exact) mass is 452 g/mol. The average Bonchev–Trinajstić information content (AvgIpc) is 3.61. The lowest BCUT2D eigenvalue weighted by Crippen LogP contribution is -1.88. The van der Waals surface area contributed by atoms with Crippen molar-refractivity contribution in [1.29, 1.82) is 0 Å². The summed E-state index contributed by atoms with van der Waals surface area (Å²) in [6.07, 6.45) is 10.2. The predicted octanol–water partition coefficient (Wildman–Crippen LogP) is 8.35. The van der Waals surface area contributed by atoms with Gasteiger partial charge in [-0.2, -0.15) is 0 Å². The molecule has 1 fully saturated rings. The standard InChI is InChI=1S/C23H23FS.C3H4O2.C2H6/c1-15-20(11-7-16-3-4-16)23-14-18(24)8-12-21(23)22(15)13-17-5-9-19(25-2)10-6-17;1-2-3(4)5;1-2/h5-6,8-10,12-14,16H,3-4,7,11H2,1-2H3;2H,1H2,(H,4,5);1-2H3/b22-13-;;. The smallest absolute Gasteiger partial charge is 0.327 e. The molecule has 2 aliphatic carbocycles. The number of hydrogen-bond acceptors (Lipinski definition) is 2. The van der Waals surface area contributed by atoms with Crippen LogP contribution < -0.4 is 0 Å². The first-order chi connectivity index (χ1) is 15.4. The van der Waals surface area contributed by atoms with Gasteiger partial charge in [-0.05, 0) is 95.7 Å². The summed E-state index contributed by atoms with van der Waals surface area (Å²) in [5, 5.41) is 7.60. The Hall–Kier alpha value is -2.59. The van der Waals surface area contributed by atoms with Gasteiger partial charge in [-0.15, -0.1) is 11.8 Å². The highest BCUT2D eigenvalue weighted by Gasteiger charge is 2.27. The molecule has 4 heteroatoms.